The molecular formula is C11H26O3S2. The first-order valence-electron chi connectivity index (χ1n) is 5.89. The molecule has 0 aromatic carbocycles. The first-order valence-corrected chi connectivity index (χ1v) is 10.2. The van der Waals surface area contributed by atoms with Crippen molar-refractivity contribution in [3.8, 4) is 0 Å². The molecule has 0 aliphatic rings. The van der Waals surface area contributed by atoms with Gasteiger partial charge >= 0.3 is 0 Å². The molecule has 0 saturated heterocycles. The van der Waals surface area contributed by atoms with Gasteiger partial charge in [0, 0.05) is 0 Å². The van der Waals surface area contributed by atoms with Crippen LogP contribution in [0.15, 0.2) is 0 Å². The molecule has 0 amide bonds. The van der Waals surface area contributed by atoms with E-state index in [0.29, 0.717) is 0 Å². The van der Waals surface area contributed by atoms with Gasteiger partial charge in [0.1, 0.15) is 0 Å². The fourth-order valence-electron chi connectivity index (χ4n) is 1.40. The van der Waals surface area contributed by atoms with Crippen LogP contribution in [0.1, 0.15) is 45.4 Å². The van der Waals surface area contributed by atoms with Crippen molar-refractivity contribution in [1.82, 2.24) is 0 Å². The Balaban J connectivity index is 3.68. The lowest BCUT2D eigenvalue weighted by Gasteiger charge is -2.23. The van der Waals surface area contributed by atoms with Crippen LogP contribution in [-0.2, 0) is 13.7 Å². The van der Waals surface area contributed by atoms with Crippen LogP contribution in [0.5, 0.6) is 0 Å². The van der Waals surface area contributed by atoms with Crippen molar-refractivity contribution in [2.24, 2.45) is 0 Å². The lowest BCUT2D eigenvalue weighted by molar-refractivity contribution is 0.507. The van der Waals surface area contributed by atoms with Gasteiger partial charge in [0.2, 0.25) is 0 Å². The highest BCUT2D eigenvalue weighted by atomic mass is 32.3. The average molecular weight is 270 g/mol. The zero-order chi connectivity index (χ0) is 12.7. The third-order valence-electron chi connectivity index (χ3n) is 2.06. The third kappa shape index (κ3) is 10.8. The molecule has 0 heterocycles. The predicted octanol–water partition coefficient (Wildman–Crippen LogP) is 3.30. The Hall–Kier alpha value is 0.260. The predicted molar refractivity (Wildman–Crippen MR) is 73.6 cm³/mol. The summed E-state index contributed by atoms with van der Waals surface area (Å²) in [5.41, 5.74) is 0. The summed E-state index contributed by atoms with van der Waals surface area (Å²) in [7, 11) is -4.72. The minimum Gasteiger partial charge on any atom is -0.221 e. The molecule has 3 nitrogen and oxygen atoms in total. The zero-order valence-corrected chi connectivity index (χ0v) is 12.6. The van der Waals surface area contributed by atoms with Crippen molar-refractivity contribution >= 4 is 20.4 Å². The van der Waals surface area contributed by atoms with Gasteiger partial charge in [-0.1, -0.05) is 39.0 Å². The van der Waals surface area contributed by atoms with Crippen molar-refractivity contribution < 1.29 is 12.0 Å². The summed E-state index contributed by atoms with van der Waals surface area (Å²) in [6, 6.07) is 0. The molecule has 0 bridgehead atoms. The van der Waals surface area contributed by atoms with Gasteiger partial charge < -0.3 is 0 Å². The summed E-state index contributed by atoms with van der Waals surface area (Å²) in [5.74, 6) is 0.170. The molecule has 0 aliphatic carbocycles. The van der Waals surface area contributed by atoms with Gasteiger partial charge in [0.25, 0.3) is 10.1 Å². The highest BCUT2D eigenvalue weighted by Gasteiger charge is 2.17. The molecule has 0 aromatic heterocycles. The summed E-state index contributed by atoms with van der Waals surface area (Å²) in [6.45, 7) is 2.17. The Bertz CT molecular complexity index is 265. The molecule has 0 aliphatic heterocycles. The SMILES string of the molecule is CCCCCCCCS(=O)(=O)OS(C)(C)C. The fraction of sp³-hybridized carbons (Fsp3) is 1.00. The van der Waals surface area contributed by atoms with Crippen LogP contribution in [0.2, 0.25) is 0 Å². The van der Waals surface area contributed by atoms with Crippen LogP contribution >= 0.6 is 10.3 Å². The monoisotopic (exact) mass is 270 g/mol. The molecule has 0 rings (SSSR count). The van der Waals surface area contributed by atoms with Crippen LogP contribution in [0, 0.1) is 0 Å². The third-order valence-corrected chi connectivity index (χ3v) is 5.31. The van der Waals surface area contributed by atoms with E-state index >= 15 is 0 Å². The second kappa shape index (κ2) is 7.56. The van der Waals surface area contributed by atoms with Crippen molar-refractivity contribution in [3.05, 3.63) is 0 Å². The van der Waals surface area contributed by atoms with Crippen molar-refractivity contribution in [2.45, 2.75) is 45.4 Å². The van der Waals surface area contributed by atoms with E-state index in [9.17, 15) is 8.42 Å². The highest BCUT2D eigenvalue weighted by Crippen LogP contribution is 2.38. The van der Waals surface area contributed by atoms with Crippen molar-refractivity contribution in [3.63, 3.8) is 0 Å². The minimum atomic E-state index is -3.29. The van der Waals surface area contributed by atoms with Gasteiger partial charge in [-0.15, -0.1) is 10.3 Å². The molecule has 0 atom stereocenters. The summed E-state index contributed by atoms with van der Waals surface area (Å²) >= 11 is 0. The number of unbranched alkanes of at least 4 members (excludes halogenated alkanes) is 5. The second-order valence-corrected chi connectivity index (χ2v) is 10.3. The normalized spacial score (nSPS) is 14.0. The van der Waals surface area contributed by atoms with E-state index in [1.54, 1.807) is 0 Å². The summed E-state index contributed by atoms with van der Waals surface area (Å²) < 4.78 is 28.2. The van der Waals surface area contributed by atoms with E-state index in [1.165, 1.54) is 19.3 Å². The topological polar surface area (TPSA) is 43.4 Å². The Morgan fingerprint density at radius 2 is 1.38 bits per heavy atom. The Morgan fingerprint density at radius 3 is 1.88 bits per heavy atom. The molecule has 0 N–H and O–H groups in total. The minimum absolute atomic E-state index is 0.170. The van der Waals surface area contributed by atoms with E-state index in [4.69, 9.17) is 3.63 Å². The smallest absolute Gasteiger partial charge is 0.221 e. The van der Waals surface area contributed by atoms with Gasteiger partial charge in [0.15, 0.2) is 0 Å². The van der Waals surface area contributed by atoms with Crippen LogP contribution in [-0.4, -0.2) is 32.9 Å². The molecule has 0 aromatic rings. The van der Waals surface area contributed by atoms with E-state index in [0.717, 1.165) is 19.3 Å². The van der Waals surface area contributed by atoms with Crippen LogP contribution in [0.25, 0.3) is 0 Å². The second-order valence-electron chi connectivity index (χ2n) is 4.82. The first-order chi connectivity index (χ1) is 7.27. The Kier molecular flexibility index (Phi) is 7.68. The molecule has 100 valence electrons. The van der Waals surface area contributed by atoms with E-state index < -0.39 is 20.4 Å². The Morgan fingerprint density at radius 1 is 0.875 bits per heavy atom. The average Bonchev–Trinajstić information content (AvgIpc) is 2.06. The van der Waals surface area contributed by atoms with Gasteiger partial charge in [-0.2, -0.15) is 8.42 Å². The first kappa shape index (κ1) is 16.3. The summed E-state index contributed by atoms with van der Waals surface area (Å²) in [4.78, 5) is 0. The van der Waals surface area contributed by atoms with Gasteiger partial charge in [-0.3, -0.25) is 0 Å². The fourth-order valence-corrected chi connectivity index (χ4v) is 4.72. The molecule has 0 fully saturated rings. The van der Waals surface area contributed by atoms with Gasteiger partial charge in [-0.05, 0) is 25.2 Å². The molecule has 0 saturated carbocycles. The van der Waals surface area contributed by atoms with Crippen LogP contribution in [0.4, 0.5) is 0 Å². The van der Waals surface area contributed by atoms with E-state index in [2.05, 4.69) is 6.92 Å². The van der Waals surface area contributed by atoms with E-state index in [1.807, 2.05) is 18.8 Å². The molecule has 5 heteroatoms. The molecular weight excluding hydrogens is 244 g/mol. The highest BCUT2D eigenvalue weighted by molar-refractivity contribution is 8.31. The molecule has 0 unspecified atom stereocenters. The maximum Gasteiger partial charge on any atom is 0.276 e. The van der Waals surface area contributed by atoms with Crippen LogP contribution in [0.3, 0.4) is 0 Å². The summed E-state index contributed by atoms with van der Waals surface area (Å²) in [5, 5.41) is 0. The number of hydrogen-bond acceptors (Lipinski definition) is 3. The molecule has 0 radical (unpaired) electrons. The standard InChI is InChI=1S/C11H26O3S2/c1-5-6-7-8-9-10-11-16(12,13)14-15(2,3)4/h5-11H2,1-4H3. The maximum atomic E-state index is 11.5. The lowest BCUT2D eigenvalue weighted by Crippen LogP contribution is -2.12. The van der Waals surface area contributed by atoms with Gasteiger partial charge in [0.05, 0.1) is 5.75 Å². The van der Waals surface area contributed by atoms with E-state index in [-0.39, 0.29) is 5.75 Å². The number of rotatable bonds is 9. The number of hydrogen-bond donors (Lipinski definition) is 0. The maximum absolute atomic E-state index is 11.5. The van der Waals surface area contributed by atoms with Crippen LogP contribution < -0.4 is 0 Å². The van der Waals surface area contributed by atoms with Crippen molar-refractivity contribution in [1.29, 1.82) is 0 Å². The quantitative estimate of drug-likeness (QED) is 0.604. The van der Waals surface area contributed by atoms with Crippen molar-refractivity contribution in [2.75, 3.05) is 24.5 Å². The zero-order valence-electron chi connectivity index (χ0n) is 11.0. The lowest BCUT2D eigenvalue weighted by atomic mass is 10.1. The largest absolute Gasteiger partial charge is 0.276 e. The summed E-state index contributed by atoms with van der Waals surface area (Å²) in [6.07, 6.45) is 12.0. The molecule has 16 heavy (non-hydrogen) atoms. The molecule has 0 spiro atoms. The Labute approximate surface area is 103 Å². The van der Waals surface area contributed by atoms with Gasteiger partial charge in [-0.25, -0.2) is 3.63 Å².